The summed E-state index contributed by atoms with van der Waals surface area (Å²) in [5, 5.41) is 2.75. The largest absolute Gasteiger partial charge is 0.467 e. The minimum absolute atomic E-state index is 0.208. The van der Waals surface area contributed by atoms with Gasteiger partial charge in [0.25, 0.3) is 5.91 Å². The highest BCUT2D eigenvalue weighted by atomic mass is 32.1. The topological polar surface area (TPSA) is 55.4 Å². The number of carbonyl (C=O) groups excluding carboxylic acids is 2. The van der Waals surface area contributed by atoms with Crippen LogP contribution in [0.5, 0.6) is 0 Å². The molecule has 4 nitrogen and oxygen atoms in total. The van der Waals surface area contributed by atoms with Crippen LogP contribution in [-0.4, -0.2) is 25.0 Å². The van der Waals surface area contributed by atoms with Crippen LogP contribution in [0.1, 0.15) is 41.7 Å². The summed E-state index contributed by atoms with van der Waals surface area (Å²) >= 11 is 1.46. The van der Waals surface area contributed by atoms with Crippen molar-refractivity contribution in [2.24, 2.45) is 5.92 Å². The van der Waals surface area contributed by atoms with Gasteiger partial charge in [0.2, 0.25) is 0 Å². The van der Waals surface area contributed by atoms with E-state index in [0.717, 1.165) is 11.3 Å². The number of carbonyl (C=O) groups is 2. The number of rotatable bonds is 6. The first-order valence-electron chi connectivity index (χ1n) is 6.45. The van der Waals surface area contributed by atoms with Gasteiger partial charge in [-0.15, -0.1) is 11.3 Å². The fraction of sp³-hybridized carbons (Fsp3) is 0.571. The van der Waals surface area contributed by atoms with Crippen LogP contribution in [0.3, 0.4) is 0 Å². The van der Waals surface area contributed by atoms with Gasteiger partial charge in [-0.25, -0.2) is 4.79 Å². The molecule has 1 heterocycles. The molecule has 1 rings (SSSR count). The quantitative estimate of drug-likeness (QED) is 0.817. The molecular formula is C14H21NO3S. The van der Waals surface area contributed by atoms with Gasteiger partial charge in [0.15, 0.2) is 0 Å². The molecule has 0 radical (unpaired) electrons. The van der Waals surface area contributed by atoms with Crippen molar-refractivity contribution in [1.29, 1.82) is 0 Å². The molecule has 1 aromatic heterocycles. The van der Waals surface area contributed by atoms with Gasteiger partial charge < -0.3 is 10.1 Å². The number of thiophene rings is 1. The van der Waals surface area contributed by atoms with Gasteiger partial charge in [-0.05, 0) is 30.9 Å². The Morgan fingerprint density at radius 2 is 2.05 bits per heavy atom. The van der Waals surface area contributed by atoms with Crippen molar-refractivity contribution in [2.45, 2.75) is 39.7 Å². The summed E-state index contributed by atoms with van der Waals surface area (Å²) in [5.41, 5.74) is 0. The van der Waals surface area contributed by atoms with Crippen molar-refractivity contribution >= 4 is 23.2 Å². The Labute approximate surface area is 118 Å². The van der Waals surface area contributed by atoms with Crippen molar-refractivity contribution in [3.8, 4) is 0 Å². The second kappa shape index (κ2) is 7.28. The molecule has 0 bridgehead atoms. The molecule has 0 aromatic carbocycles. The van der Waals surface area contributed by atoms with Gasteiger partial charge in [-0.1, -0.05) is 20.8 Å². The number of hydrogen-bond donors (Lipinski definition) is 1. The number of hydrogen-bond acceptors (Lipinski definition) is 4. The lowest BCUT2D eigenvalue weighted by Gasteiger charge is -2.17. The lowest BCUT2D eigenvalue weighted by molar-refractivity contribution is -0.143. The van der Waals surface area contributed by atoms with Crippen molar-refractivity contribution in [3.05, 3.63) is 21.9 Å². The Balaban J connectivity index is 2.72. The third-order valence-electron chi connectivity index (χ3n) is 2.73. The van der Waals surface area contributed by atoms with Crippen molar-refractivity contribution in [3.63, 3.8) is 0 Å². The number of methoxy groups -OCH3 is 1. The van der Waals surface area contributed by atoms with Crippen LogP contribution < -0.4 is 5.32 Å². The summed E-state index contributed by atoms with van der Waals surface area (Å²) < 4.78 is 4.73. The van der Waals surface area contributed by atoms with Gasteiger partial charge >= 0.3 is 5.97 Å². The summed E-state index contributed by atoms with van der Waals surface area (Å²) in [5.74, 6) is -0.297. The third-order valence-corrected chi connectivity index (χ3v) is 3.96. The van der Waals surface area contributed by atoms with E-state index >= 15 is 0 Å². The van der Waals surface area contributed by atoms with Gasteiger partial charge in [-0.2, -0.15) is 0 Å². The van der Waals surface area contributed by atoms with Crippen LogP contribution in [0.2, 0.25) is 0 Å². The van der Waals surface area contributed by atoms with Gasteiger partial charge in [0.05, 0.1) is 12.0 Å². The Hall–Kier alpha value is -1.36. The molecular weight excluding hydrogens is 262 g/mol. The average molecular weight is 283 g/mol. The van der Waals surface area contributed by atoms with Gasteiger partial charge in [-0.3, -0.25) is 4.79 Å². The van der Waals surface area contributed by atoms with Gasteiger partial charge in [0.1, 0.15) is 6.04 Å². The Morgan fingerprint density at radius 1 is 1.37 bits per heavy atom. The van der Waals surface area contributed by atoms with E-state index in [0.29, 0.717) is 17.2 Å². The number of esters is 1. The van der Waals surface area contributed by atoms with Crippen LogP contribution in [0, 0.1) is 5.92 Å². The summed E-state index contributed by atoms with van der Waals surface area (Å²) in [6.07, 6.45) is 1.48. The number of aryl methyl sites for hydroxylation is 1. The first-order chi connectivity index (χ1) is 8.97. The lowest BCUT2D eigenvalue weighted by Crippen LogP contribution is -2.42. The first-order valence-corrected chi connectivity index (χ1v) is 7.27. The van der Waals surface area contributed by atoms with E-state index in [1.165, 1.54) is 18.4 Å². The summed E-state index contributed by atoms with van der Waals surface area (Å²) in [4.78, 5) is 25.5. The Bertz CT molecular complexity index is 440. The predicted molar refractivity (Wildman–Crippen MR) is 76.4 cm³/mol. The van der Waals surface area contributed by atoms with E-state index in [-0.39, 0.29) is 5.91 Å². The summed E-state index contributed by atoms with van der Waals surface area (Å²) in [6.45, 7) is 6.05. The molecule has 0 fully saturated rings. The highest BCUT2D eigenvalue weighted by molar-refractivity contribution is 7.14. The molecule has 19 heavy (non-hydrogen) atoms. The summed E-state index contributed by atoms with van der Waals surface area (Å²) in [7, 11) is 1.34. The van der Waals surface area contributed by atoms with Crippen LogP contribution >= 0.6 is 11.3 Å². The Morgan fingerprint density at radius 3 is 2.53 bits per heavy atom. The molecule has 0 aliphatic heterocycles. The van der Waals surface area contributed by atoms with Crippen LogP contribution in [-0.2, 0) is 16.0 Å². The standard InChI is InChI=1S/C14H21NO3S/c1-5-10-6-7-12(19-10)13(16)15-11(8-9(2)3)14(17)18-4/h6-7,9,11H,5,8H2,1-4H3,(H,15,16). The molecule has 1 atom stereocenters. The second-order valence-corrected chi connectivity index (χ2v) is 5.97. The average Bonchev–Trinajstić information content (AvgIpc) is 2.85. The molecule has 0 saturated heterocycles. The van der Waals surface area contributed by atoms with E-state index in [2.05, 4.69) is 5.32 Å². The van der Waals surface area contributed by atoms with E-state index in [1.807, 2.05) is 26.8 Å². The molecule has 0 saturated carbocycles. The maximum absolute atomic E-state index is 12.1. The van der Waals surface area contributed by atoms with Crippen LogP contribution in [0.15, 0.2) is 12.1 Å². The van der Waals surface area contributed by atoms with Crippen molar-refractivity contribution < 1.29 is 14.3 Å². The molecule has 0 aliphatic carbocycles. The number of amides is 1. The third kappa shape index (κ3) is 4.67. The maximum atomic E-state index is 12.1. The molecule has 1 unspecified atom stereocenters. The van der Waals surface area contributed by atoms with E-state index < -0.39 is 12.0 Å². The molecule has 0 spiro atoms. The predicted octanol–water partition coefficient (Wildman–Crippen LogP) is 2.63. The summed E-state index contributed by atoms with van der Waals surface area (Å²) in [6, 6.07) is 3.15. The zero-order valence-corrected chi connectivity index (χ0v) is 12.7. The first kappa shape index (κ1) is 15.7. The molecule has 5 heteroatoms. The van der Waals surface area contributed by atoms with Crippen LogP contribution in [0.4, 0.5) is 0 Å². The van der Waals surface area contributed by atoms with Gasteiger partial charge in [0, 0.05) is 4.88 Å². The molecule has 1 aromatic rings. The number of nitrogens with one attached hydrogen (secondary N) is 1. The van der Waals surface area contributed by atoms with E-state index in [9.17, 15) is 9.59 Å². The molecule has 1 N–H and O–H groups in total. The van der Waals surface area contributed by atoms with Crippen molar-refractivity contribution in [2.75, 3.05) is 7.11 Å². The highest BCUT2D eigenvalue weighted by Crippen LogP contribution is 2.17. The normalized spacial score (nSPS) is 12.3. The maximum Gasteiger partial charge on any atom is 0.328 e. The zero-order valence-electron chi connectivity index (χ0n) is 11.9. The molecule has 106 valence electrons. The fourth-order valence-electron chi connectivity index (χ4n) is 1.75. The number of ether oxygens (including phenoxy) is 1. The minimum atomic E-state index is -0.579. The van der Waals surface area contributed by atoms with E-state index in [1.54, 1.807) is 6.07 Å². The smallest absolute Gasteiger partial charge is 0.328 e. The van der Waals surface area contributed by atoms with E-state index in [4.69, 9.17) is 4.74 Å². The SMILES string of the molecule is CCc1ccc(C(=O)NC(CC(C)C)C(=O)OC)s1. The van der Waals surface area contributed by atoms with Crippen LogP contribution in [0.25, 0.3) is 0 Å². The Kier molecular flexibility index (Phi) is 6.02. The fourth-order valence-corrected chi connectivity index (χ4v) is 2.60. The van der Waals surface area contributed by atoms with Crippen molar-refractivity contribution in [1.82, 2.24) is 5.32 Å². The zero-order chi connectivity index (χ0) is 14.4. The lowest BCUT2D eigenvalue weighted by atomic mass is 10.0. The molecule has 1 amide bonds. The highest BCUT2D eigenvalue weighted by Gasteiger charge is 2.23. The molecule has 0 aliphatic rings. The second-order valence-electron chi connectivity index (χ2n) is 4.80. The monoisotopic (exact) mass is 283 g/mol. The minimum Gasteiger partial charge on any atom is -0.467 e.